The quantitative estimate of drug-likeness (QED) is 0.574. The molecule has 0 radical (unpaired) electrons. The average Bonchev–Trinajstić information content (AvgIpc) is 3.09. The molecule has 4 N–H and O–H groups in total. The zero-order valence-corrected chi connectivity index (χ0v) is 14.2. The van der Waals surface area contributed by atoms with Crippen molar-refractivity contribution in [2.45, 2.75) is 25.9 Å². The Morgan fingerprint density at radius 1 is 1.28 bits per heavy atom. The fourth-order valence-electron chi connectivity index (χ4n) is 2.72. The van der Waals surface area contributed by atoms with Crippen LogP contribution in [-0.4, -0.2) is 32.7 Å². The molecule has 0 spiro atoms. The van der Waals surface area contributed by atoms with Crippen molar-refractivity contribution in [2.24, 2.45) is 0 Å². The third-order valence-corrected chi connectivity index (χ3v) is 4.28. The lowest BCUT2D eigenvalue weighted by Gasteiger charge is -2.20. The molecule has 0 bridgehead atoms. The number of carbonyl (C=O) groups is 1. The van der Waals surface area contributed by atoms with Crippen LogP contribution in [0.4, 0.5) is 5.82 Å². The molecule has 0 aliphatic heterocycles. The van der Waals surface area contributed by atoms with Gasteiger partial charge in [-0.25, -0.2) is 4.98 Å². The molecule has 0 saturated carbocycles. The van der Waals surface area contributed by atoms with Crippen molar-refractivity contribution in [3.05, 3.63) is 59.4 Å². The molecular weight excluding hydrogens is 318 g/mol. The number of rotatable bonds is 5. The zero-order valence-electron chi connectivity index (χ0n) is 14.2. The van der Waals surface area contributed by atoms with Crippen LogP contribution in [0.15, 0.2) is 42.6 Å². The Balaban J connectivity index is 1.82. The third-order valence-electron chi connectivity index (χ3n) is 4.28. The van der Waals surface area contributed by atoms with Gasteiger partial charge in [0.1, 0.15) is 11.4 Å². The molecule has 0 aliphatic carbocycles. The number of anilines is 1. The molecule has 0 saturated heterocycles. The van der Waals surface area contributed by atoms with Gasteiger partial charge in [-0.05, 0) is 37.1 Å². The van der Waals surface area contributed by atoms with E-state index in [1.54, 1.807) is 30.3 Å². The Morgan fingerprint density at radius 2 is 2.00 bits per heavy atom. The number of aryl methyl sites for hydroxylation is 1. The van der Waals surface area contributed by atoms with E-state index in [4.69, 9.17) is 0 Å². The Hall–Kier alpha value is -2.70. The summed E-state index contributed by atoms with van der Waals surface area (Å²) in [6.45, 7) is 3.15. The van der Waals surface area contributed by atoms with Gasteiger partial charge in [0.05, 0.1) is 17.8 Å². The molecule has 1 aromatic carbocycles. The summed E-state index contributed by atoms with van der Waals surface area (Å²) in [5.74, 6) is 0.207. The van der Waals surface area contributed by atoms with Gasteiger partial charge in [0, 0.05) is 23.2 Å². The van der Waals surface area contributed by atoms with E-state index in [0.717, 1.165) is 23.0 Å². The van der Waals surface area contributed by atoms with Gasteiger partial charge in [-0.15, -0.1) is 0 Å². The van der Waals surface area contributed by atoms with Crippen LogP contribution >= 0.6 is 0 Å². The number of carbonyl (C=O) groups excluding carboxylic acids is 1. The van der Waals surface area contributed by atoms with Crippen molar-refractivity contribution in [1.29, 1.82) is 0 Å². The number of amides is 1. The molecule has 0 unspecified atom stereocenters. The zero-order chi connectivity index (χ0) is 18.0. The van der Waals surface area contributed by atoms with Crippen molar-refractivity contribution in [2.75, 3.05) is 11.9 Å². The first-order valence-electron chi connectivity index (χ1n) is 8.16. The summed E-state index contributed by atoms with van der Waals surface area (Å²) in [6, 6.07) is 10.3. The van der Waals surface area contributed by atoms with Gasteiger partial charge in [0.25, 0.3) is 5.91 Å². The molecule has 1 amide bonds. The second-order valence-electron chi connectivity index (χ2n) is 6.21. The minimum absolute atomic E-state index is 0.282. The number of hydrogen-bond acceptors (Lipinski definition) is 4. The lowest BCUT2D eigenvalue weighted by molar-refractivity contribution is -0.00229. The molecular formula is C19H21N3O3. The standard InChI is InChI=1S/C19H21N3O3/c1-3-15-14-8-9-20-16(14)10-17(21-15)22-18(24)12-4-6-13(7-5-12)19(2,25)11-23/h4-10,20,23,25H,3,11H2,1-2H3,(H,21,22,24)/t19-/m0/s1. The van der Waals surface area contributed by atoms with Crippen molar-refractivity contribution in [3.8, 4) is 0 Å². The van der Waals surface area contributed by atoms with E-state index in [-0.39, 0.29) is 5.91 Å². The highest BCUT2D eigenvalue weighted by Gasteiger charge is 2.22. The van der Waals surface area contributed by atoms with E-state index in [1.165, 1.54) is 6.92 Å². The van der Waals surface area contributed by atoms with Crippen molar-refractivity contribution < 1.29 is 15.0 Å². The van der Waals surface area contributed by atoms with Crippen LogP contribution in [0.1, 0.15) is 35.5 Å². The van der Waals surface area contributed by atoms with E-state index >= 15 is 0 Å². The summed E-state index contributed by atoms with van der Waals surface area (Å²) >= 11 is 0. The second kappa shape index (κ2) is 6.66. The minimum atomic E-state index is -1.33. The maximum absolute atomic E-state index is 12.4. The molecule has 6 nitrogen and oxygen atoms in total. The number of fused-ring (bicyclic) bond motifs is 1. The topological polar surface area (TPSA) is 98.2 Å². The van der Waals surface area contributed by atoms with Crippen molar-refractivity contribution >= 4 is 22.6 Å². The van der Waals surface area contributed by atoms with Gasteiger partial charge in [0.15, 0.2) is 0 Å². The summed E-state index contributed by atoms with van der Waals surface area (Å²) in [5, 5.41) is 23.1. The van der Waals surface area contributed by atoms with Crippen LogP contribution in [0.2, 0.25) is 0 Å². The molecule has 0 aliphatic rings. The number of hydrogen-bond donors (Lipinski definition) is 4. The Labute approximate surface area is 145 Å². The molecule has 25 heavy (non-hydrogen) atoms. The summed E-state index contributed by atoms with van der Waals surface area (Å²) < 4.78 is 0. The summed E-state index contributed by atoms with van der Waals surface area (Å²) in [7, 11) is 0. The number of aliphatic hydroxyl groups is 2. The van der Waals surface area contributed by atoms with E-state index in [1.807, 2.05) is 19.2 Å². The van der Waals surface area contributed by atoms with Crippen LogP contribution in [0, 0.1) is 0 Å². The van der Waals surface area contributed by atoms with Crippen LogP contribution in [0.25, 0.3) is 10.9 Å². The first kappa shape index (κ1) is 17.1. The predicted molar refractivity (Wildman–Crippen MR) is 96.5 cm³/mol. The first-order chi connectivity index (χ1) is 11.9. The van der Waals surface area contributed by atoms with Crippen LogP contribution in [0.3, 0.4) is 0 Å². The van der Waals surface area contributed by atoms with Crippen molar-refractivity contribution in [3.63, 3.8) is 0 Å². The molecule has 130 valence electrons. The number of nitrogens with one attached hydrogen (secondary N) is 2. The van der Waals surface area contributed by atoms with Gasteiger partial charge in [-0.2, -0.15) is 0 Å². The van der Waals surface area contributed by atoms with Crippen LogP contribution in [-0.2, 0) is 12.0 Å². The molecule has 3 rings (SSSR count). The highest BCUT2D eigenvalue weighted by atomic mass is 16.3. The molecule has 2 heterocycles. The predicted octanol–water partition coefficient (Wildman–Crippen LogP) is 2.58. The molecule has 6 heteroatoms. The largest absolute Gasteiger partial charge is 0.393 e. The summed E-state index contributed by atoms with van der Waals surface area (Å²) in [6.07, 6.45) is 2.62. The Bertz CT molecular complexity index is 898. The highest BCUT2D eigenvalue weighted by molar-refractivity contribution is 6.04. The van der Waals surface area contributed by atoms with E-state index in [9.17, 15) is 15.0 Å². The highest BCUT2D eigenvalue weighted by Crippen LogP contribution is 2.22. The average molecular weight is 339 g/mol. The number of benzene rings is 1. The number of aromatic nitrogens is 2. The SMILES string of the molecule is CCc1nc(NC(=O)c2ccc([C@@](C)(O)CO)cc2)cc2[nH]ccc12. The van der Waals surface area contributed by atoms with Gasteiger partial charge in [0.2, 0.25) is 0 Å². The first-order valence-corrected chi connectivity index (χ1v) is 8.16. The lowest BCUT2D eigenvalue weighted by atomic mass is 9.96. The maximum atomic E-state index is 12.4. The van der Waals surface area contributed by atoms with Crippen LogP contribution in [0.5, 0.6) is 0 Å². The normalized spacial score (nSPS) is 13.6. The summed E-state index contributed by atoms with van der Waals surface area (Å²) in [5.41, 5.74) is 1.51. The number of H-pyrrole nitrogens is 1. The number of nitrogens with zero attached hydrogens (tertiary/aromatic N) is 1. The molecule has 0 fully saturated rings. The fraction of sp³-hybridized carbons (Fsp3) is 0.263. The second-order valence-corrected chi connectivity index (χ2v) is 6.21. The van der Waals surface area contributed by atoms with E-state index < -0.39 is 12.2 Å². The molecule has 3 aromatic rings. The van der Waals surface area contributed by atoms with E-state index in [2.05, 4.69) is 15.3 Å². The maximum Gasteiger partial charge on any atom is 0.256 e. The van der Waals surface area contributed by atoms with Gasteiger partial charge < -0.3 is 20.5 Å². The fourth-order valence-corrected chi connectivity index (χ4v) is 2.72. The Morgan fingerprint density at radius 3 is 2.64 bits per heavy atom. The van der Waals surface area contributed by atoms with Gasteiger partial charge >= 0.3 is 0 Å². The van der Waals surface area contributed by atoms with Crippen molar-refractivity contribution in [1.82, 2.24) is 9.97 Å². The van der Waals surface area contributed by atoms with Crippen LogP contribution < -0.4 is 5.32 Å². The number of pyridine rings is 1. The Kier molecular flexibility index (Phi) is 4.57. The molecule has 1 atom stereocenters. The molecule has 2 aromatic heterocycles. The number of aromatic amines is 1. The van der Waals surface area contributed by atoms with Gasteiger partial charge in [-0.1, -0.05) is 19.1 Å². The monoisotopic (exact) mass is 339 g/mol. The lowest BCUT2D eigenvalue weighted by Crippen LogP contribution is -2.25. The minimum Gasteiger partial charge on any atom is -0.393 e. The number of aliphatic hydroxyl groups excluding tert-OH is 1. The van der Waals surface area contributed by atoms with Gasteiger partial charge in [-0.3, -0.25) is 4.79 Å². The third kappa shape index (κ3) is 3.40. The van der Waals surface area contributed by atoms with E-state index in [0.29, 0.717) is 16.9 Å². The smallest absolute Gasteiger partial charge is 0.256 e. The summed E-state index contributed by atoms with van der Waals surface area (Å²) in [4.78, 5) is 20.1.